The third-order valence-corrected chi connectivity index (χ3v) is 5.82. The summed E-state index contributed by atoms with van der Waals surface area (Å²) in [6, 6.07) is 6.94. The Hall–Kier alpha value is -1.93. The molecule has 0 amide bonds. The molecule has 2 saturated heterocycles. The Morgan fingerprint density at radius 3 is 2.93 bits per heavy atom. The van der Waals surface area contributed by atoms with Gasteiger partial charge in [0.25, 0.3) is 0 Å². The Labute approximate surface area is 165 Å². The maximum absolute atomic E-state index is 9.19. The Kier molecular flexibility index (Phi) is 5.96. The number of aromatic nitrogens is 2. The van der Waals surface area contributed by atoms with Crippen molar-refractivity contribution >= 4 is 0 Å². The van der Waals surface area contributed by atoms with E-state index in [1.165, 1.54) is 0 Å². The lowest BCUT2D eigenvalue weighted by atomic mass is 10.1. The first-order valence-electron chi connectivity index (χ1n) is 9.89. The lowest BCUT2D eigenvalue weighted by Crippen LogP contribution is -2.46. The highest BCUT2D eigenvalue weighted by Crippen LogP contribution is 2.34. The fourth-order valence-corrected chi connectivity index (χ4v) is 4.45. The van der Waals surface area contributed by atoms with Crippen molar-refractivity contribution in [2.45, 2.75) is 37.6 Å². The highest BCUT2D eigenvalue weighted by Gasteiger charge is 2.38. The maximum Gasteiger partial charge on any atom is 0.140 e. The first-order chi connectivity index (χ1) is 13.7. The molecule has 7 nitrogen and oxygen atoms in total. The van der Waals surface area contributed by atoms with Crippen LogP contribution in [-0.2, 0) is 16.1 Å². The maximum atomic E-state index is 9.19. The monoisotopic (exact) mass is 387 g/mol. The molecule has 1 aromatic heterocycles. The van der Waals surface area contributed by atoms with E-state index in [4.69, 9.17) is 14.2 Å². The van der Waals surface area contributed by atoms with Crippen molar-refractivity contribution in [3.05, 3.63) is 36.2 Å². The van der Waals surface area contributed by atoms with Crippen molar-refractivity contribution in [3.63, 3.8) is 0 Å². The molecule has 0 saturated carbocycles. The van der Waals surface area contributed by atoms with E-state index in [-0.39, 0.29) is 12.7 Å². The smallest absolute Gasteiger partial charge is 0.140 e. The molecular formula is C21H29N3O4. The largest absolute Gasteiger partial charge is 0.496 e. The van der Waals surface area contributed by atoms with Gasteiger partial charge in [-0.15, -0.1) is 0 Å². The van der Waals surface area contributed by atoms with Crippen molar-refractivity contribution < 1.29 is 19.3 Å². The van der Waals surface area contributed by atoms with Crippen LogP contribution in [0.4, 0.5) is 0 Å². The molecular weight excluding hydrogens is 358 g/mol. The van der Waals surface area contributed by atoms with Crippen LogP contribution in [-0.4, -0.2) is 72.2 Å². The fraction of sp³-hybridized carbons (Fsp3) is 0.571. The Morgan fingerprint density at radius 2 is 2.14 bits per heavy atom. The van der Waals surface area contributed by atoms with E-state index in [0.29, 0.717) is 25.1 Å². The highest BCUT2D eigenvalue weighted by atomic mass is 16.5. The van der Waals surface area contributed by atoms with Gasteiger partial charge < -0.3 is 23.9 Å². The third-order valence-electron chi connectivity index (χ3n) is 5.82. The van der Waals surface area contributed by atoms with Crippen LogP contribution >= 0.6 is 0 Å². The van der Waals surface area contributed by atoms with Gasteiger partial charge in [-0.05, 0) is 31.0 Å². The molecule has 3 atom stereocenters. The number of morpholine rings is 1. The van der Waals surface area contributed by atoms with E-state index >= 15 is 0 Å². The number of nitrogens with zero attached hydrogens (tertiary/aromatic N) is 3. The quantitative estimate of drug-likeness (QED) is 0.785. The number of benzene rings is 1. The number of hydrogen-bond acceptors (Lipinski definition) is 6. The van der Waals surface area contributed by atoms with Gasteiger partial charge in [-0.3, -0.25) is 4.90 Å². The average molecular weight is 387 g/mol. The summed E-state index contributed by atoms with van der Waals surface area (Å²) in [4.78, 5) is 7.15. The summed E-state index contributed by atoms with van der Waals surface area (Å²) in [7, 11) is 3.36. The summed E-state index contributed by atoms with van der Waals surface area (Å²) >= 11 is 0. The van der Waals surface area contributed by atoms with Crippen molar-refractivity contribution in [1.82, 2.24) is 14.5 Å². The van der Waals surface area contributed by atoms with Crippen LogP contribution in [0.2, 0.25) is 0 Å². The normalized spacial score (nSPS) is 25.0. The first kappa shape index (κ1) is 19.4. The molecule has 1 aromatic carbocycles. The summed E-state index contributed by atoms with van der Waals surface area (Å²) in [6.45, 7) is 3.30. The van der Waals surface area contributed by atoms with Crippen LogP contribution in [0.15, 0.2) is 30.6 Å². The zero-order valence-electron chi connectivity index (χ0n) is 16.6. The summed E-state index contributed by atoms with van der Waals surface area (Å²) < 4.78 is 19.0. The van der Waals surface area contributed by atoms with Gasteiger partial charge in [0.15, 0.2) is 0 Å². The van der Waals surface area contributed by atoms with Crippen molar-refractivity contribution in [2.75, 3.05) is 40.5 Å². The molecule has 2 aliphatic heterocycles. The van der Waals surface area contributed by atoms with E-state index in [1.807, 2.05) is 12.3 Å². The second-order valence-corrected chi connectivity index (χ2v) is 7.58. The van der Waals surface area contributed by atoms with E-state index in [9.17, 15) is 5.11 Å². The number of imidazole rings is 1. The predicted octanol–water partition coefficient (Wildman–Crippen LogP) is 2.10. The molecule has 2 aromatic rings. The van der Waals surface area contributed by atoms with Crippen LogP contribution in [0.5, 0.6) is 5.75 Å². The number of rotatable bonds is 7. The van der Waals surface area contributed by atoms with E-state index in [2.05, 4.69) is 32.8 Å². The minimum Gasteiger partial charge on any atom is -0.496 e. The van der Waals surface area contributed by atoms with Gasteiger partial charge >= 0.3 is 0 Å². The molecule has 4 rings (SSSR count). The van der Waals surface area contributed by atoms with Crippen molar-refractivity contribution in [1.29, 1.82) is 0 Å². The van der Waals surface area contributed by atoms with Gasteiger partial charge in [0.2, 0.25) is 0 Å². The summed E-state index contributed by atoms with van der Waals surface area (Å²) in [5.74, 6) is 1.80. The van der Waals surface area contributed by atoms with Gasteiger partial charge in [0.05, 0.1) is 26.4 Å². The second kappa shape index (κ2) is 8.61. The fourth-order valence-electron chi connectivity index (χ4n) is 4.45. The predicted molar refractivity (Wildman–Crippen MR) is 105 cm³/mol. The Morgan fingerprint density at radius 1 is 1.25 bits per heavy atom. The molecule has 3 heterocycles. The lowest BCUT2D eigenvalue weighted by Gasteiger charge is -2.34. The molecule has 0 spiro atoms. The Bertz CT molecular complexity index is 794. The van der Waals surface area contributed by atoms with E-state index < -0.39 is 0 Å². The molecule has 0 unspecified atom stereocenters. The number of ether oxygens (including phenoxy) is 3. The average Bonchev–Trinajstić information content (AvgIpc) is 3.35. The van der Waals surface area contributed by atoms with Gasteiger partial charge in [-0.25, -0.2) is 4.98 Å². The van der Waals surface area contributed by atoms with Gasteiger partial charge in [0, 0.05) is 62.4 Å². The SMILES string of the molecule is COCc1cc(-c2nccn2[C@@H]2C[C@H]3CO[C@@H](CCO)CN3C2)ccc1OC. The van der Waals surface area contributed by atoms with Crippen LogP contribution in [0, 0.1) is 0 Å². The van der Waals surface area contributed by atoms with E-state index in [0.717, 1.165) is 48.8 Å². The van der Waals surface area contributed by atoms with Crippen molar-refractivity contribution in [2.24, 2.45) is 0 Å². The van der Waals surface area contributed by atoms with Crippen LogP contribution < -0.4 is 4.74 Å². The zero-order chi connectivity index (χ0) is 19.5. The first-order valence-corrected chi connectivity index (χ1v) is 9.89. The zero-order valence-corrected chi connectivity index (χ0v) is 16.6. The molecule has 0 aliphatic carbocycles. The Balaban J connectivity index is 1.55. The molecule has 152 valence electrons. The van der Waals surface area contributed by atoms with Crippen molar-refractivity contribution in [3.8, 4) is 17.1 Å². The summed E-state index contributed by atoms with van der Waals surface area (Å²) in [5, 5.41) is 9.19. The summed E-state index contributed by atoms with van der Waals surface area (Å²) in [5.41, 5.74) is 2.08. The molecule has 0 bridgehead atoms. The minimum atomic E-state index is 0.139. The van der Waals surface area contributed by atoms with Gasteiger partial charge in [-0.1, -0.05) is 0 Å². The number of methoxy groups -OCH3 is 2. The number of aliphatic hydroxyl groups is 1. The molecule has 2 aliphatic rings. The van der Waals surface area contributed by atoms with E-state index in [1.54, 1.807) is 14.2 Å². The molecule has 2 fully saturated rings. The number of aliphatic hydroxyl groups excluding tert-OH is 1. The summed E-state index contributed by atoms with van der Waals surface area (Å²) in [6.07, 6.45) is 5.84. The van der Waals surface area contributed by atoms with Crippen LogP contribution in [0.3, 0.4) is 0 Å². The molecule has 28 heavy (non-hydrogen) atoms. The van der Waals surface area contributed by atoms with Gasteiger partial charge in [0.1, 0.15) is 11.6 Å². The molecule has 0 radical (unpaired) electrons. The standard InChI is InChI=1S/C21H29N3O4/c1-26-13-16-9-15(3-4-20(16)27-2)21-22-6-7-24(21)17-10-18-14-28-19(5-8-25)12-23(18)11-17/h3-4,6-7,9,17-19,25H,5,8,10-14H2,1-2H3/t17-,18+,19+/m1/s1. The van der Waals surface area contributed by atoms with Crippen LogP contribution in [0.25, 0.3) is 11.4 Å². The van der Waals surface area contributed by atoms with Gasteiger partial charge in [-0.2, -0.15) is 0 Å². The molecule has 1 N–H and O–H groups in total. The second-order valence-electron chi connectivity index (χ2n) is 7.58. The minimum absolute atomic E-state index is 0.139. The third kappa shape index (κ3) is 3.80. The number of hydrogen-bond donors (Lipinski definition) is 1. The van der Waals surface area contributed by atoms with Crippen LogP contribution in [0.1, 0.15) is 24.4 Å². The number of fused-ring (bicyclic) bond motifs is 1. The molecule has 7 heteroatoms. The highest BCUT2D eigenvalue weighted by molar-refractivity contribution is 5.59. The lowest BCUT2D eigenvalue weighted by molar-refractivity contribution is -0.0567. The topological polar surface area (TPSA) is 69.0 Å².